The van der Waals surface area contributed by atoms with E-state index < -0.39 is 17.3 Å². The molecule has 0 radical (unpaired) electrons. The van der Waals surface area contributed by atoms with Crippen molar-refractivity contribution < 1.29 is 13.2 Å². The standard InChI is InChI=1S/C17H11F3N4O/c1-10-6-14(15(7-21)16(25)23-10)11-2-4-13(5-3-11)24-9-12(8-22-24)17(18,19)20/h2-6,8-9H,1H3,(H,23,25). The molecule has 0 aliphatic rings. The maximum Gasteiger partial charge on any atom is 0.419 e. The van der Waals surface area contributed by atoms with Crippen molar-refractivity contribution in [1.29, 1.82) is 5.26 Å². The average Bonchev–Trinajstić information content (AvgIpc) is 3.04. The van der Waals surface area contributed by atoms with Gasteiger partial charge < -0.3 is 4.98 Å². The van der Waals surface area contributed by atoms with E-state index in [-0.39, 0.29) is 5.56 Å². The first kappa shape index (κ1) is 16.5. The zero-order valence-electron chi connectivity index (χ0n) is 12.9. The number of pyridine rings is 1. The van der Waals surface area contributed by atoms with E-state index in [9.17, 15) is 23.2 Å². The van der Waals surface area contributed by atoms with Gasteiger partial charge in [0.1, 0.15) is 11.6 Å². The molecule has 1 aromatic carbocycles. The Morgan fingerprint density at radius 3 is 2.48 bits per heavy atom. The normalized spacial score (nSPS) is 11.3. The average molecular weight is 344 g/mol. The van der Waals surface area contributed by atoms with Gasteiger partial charge in [-0.15, -0.1) is 0 Å². The molecule has 25 heavy (non-hydrogen) atoms. The molecular weight excluding hydrogens is 333 g/mol. The highest BCUT2D eigenvalue weighted by atomic mass is 19.4. The van der Waals surface area contributed by atoms with Gasteiger partial charge >= 0.3 is 6.18 Å². The van der Waals surface area contributed by atoms with E-state index in [4.69, 9.17) is 0 Å². The van der Waals surface area contributed by atoms with Crippen LogP contribution in [0.5, 0.6) is 0 Å². The molecule has 0 amide bonds. The molecule has 8 heteroatoms. The minimum absolute atomic E-state index is 0.0169. The summed E-state index contributed by atoms with van der Waals surface area (Å²) in [7, 11) is 0. The van der Waals surface area contributed by atoms with Crippen molar-refractivity contribution >= 4 is 0 Å². The van der Waals surface area contributed by atoms with Gasteiger partial charge in [0.25, 0.3) is 5.56 Å². The first-order valence-electron chi connectivity index (χ1n) is 7.16. The van der Waals surface area contributed by atoms with E-state index in [1.807, 2.05) is 6.07 Å². The first-order valence-corrected chi connectivity index (χ1v) is 7.16. The van der Waals surface area contributed by atoms with Gasteiger partial charge in [0.05, 0.1) is 17.4 Å². The monoisotopic (exact) mass is 344 g/mol. The second kappa shape index (κ2) is 5.94. The van der Waals surface area contributed by atoms with Crippen LogP contribution in [0.4, 0.5) is 13.2 Å². The first-order chi connectivity index (χ1) is 11.8. The van der Waals surface area contributed by atoms with Crippen molar-refractivity contribution in [1.82, 2.24) is 14.8 Å². The molecule has 0 unspecified atom stereocenters. The fourth-order valence-electron chi connectivity index (χ4n) is 2.43. The molecule has 3 aromatic rings. The molecule has 0 fully saturated rings. The van der Waals surface area contributed by atoms with Gasteiger partial charge in [-0.2, -0.15) is 23.5 Å². The summed E-state index contributed by atoms with van der Waals surface area (Å²) in [6, 6.07) is 9.93. The maximum absolute atomic E-state index is 12.6. The third-order valence-corrected chi connectivity index (χ3v) is 3.63. The van der Waals surface area contributed by atoms with E-state index in [0.29, 0.717) is 22.5 Å². The van der Waals surface area contributed by atoms with Crippen LogP contribution in [-0.4, -0.2) is 14.8 Å². The van der Waals surface area contributed by atoms with Crippen molar-refractivity contribution in [2.45, 2.75) is 13.1 Å². The summed E-state index contributed by atoms with van der Waals surface area (Å²) in [5, 5.41) is 12.9. The van der Waals surface area contributed by atoms with Crippen LogP contribution in [0.15, 0.2) is 47.5 Å². The van der Waals surface area contributed by atoms with Gasteiger partial charge in [0.2, 0.25) is 0 Å². The van der Waals surface area contributed by atoms with E-state index in [2.05, 4.69) is 10.1 Å². The molecule has 0 bridgehead atoms. The van der Waals surface area contributed by atoms with Crippen molar-refractivity contribution in [2.75, 3.05) is 0 Å². The Morgan fingerprint density at radius 2 is 1.92 bits per heavy atom. The fraction of sp³-hybridized carbons (Fsp3) is 0.118. The number of hydrogen-bond donors (Lipinski definition) is 1. The van der Waals surface area contributed by atoms with Crippen LogP contribution in [0.3, 0.4) is 0 Å². The molecule has 0 aliphatic carbocycles. The number of halogens is 3. The van der Waals surface area contributed by atoms with Crippen LogP contribution in [0.25, 0.3) is 16.8 Å². The number of aromatic nitrogens is 3. The highest BCUT2D eigenvalue weighted by molar-refractivity contribution is 5.71. The highest BCUT2D eigenvalue weighted by Gasteiger charge is 2.32. The van der Waals surface area contributed by atoms with Crippen molar-refractivity contribution in [2.24, 2.45) is 0 Å². The van der Waals surface area contributed by atoms with Crippen LogP contribution >= 0.6 is 0 Å². The predicted molar refractivity (Wildman–Crippen MR) is 84.1 cm³/mol. The topological polar surface area (TPSA) is 74.5 Å². The molecule has 2 heterocycles. The number of benzene rings is 1. The Hall–Kier alpha value is -3.34. The van der Waals surface area contributed by atoms with E-state index in [1.165, 1.54) is 0 Å². The molecule has 0 saturated heterocycles. The molecule has 0 saturated carbocycles. The number of aromatic amines is 1. The second-order valence-electron chi connectivity index (χ2n) is 5.40. The number of H-pyrrole nitrogens is 1. The van der Waals surface area contributed by atoms with Gasteiger partial charge in [-0.05, 0) is 30.7 Å². The van der Waals surface area contributed by atoms with Crippen LogP contribution in [0, 0.1) is 18.3 Å². The Kier molecular flexibility index (Phi) is 3.93. The lowest BCUT2D eigenvalue weighted by Crippen LogP contribution is -2.12. The number of rotatable bonds is 2. The summed E-state index contributed by atoms with van der Waals surface area (Å²) >= 11 is 0. The number of nitrogens with one attached hydrogen (secondary N) is 1. The predicted octanol–water partition coefficient (Wildman–Crippen LogP) is 3.43. The molecular formula is C17H11F3N4O. The second-order valence-corrected chi connectivity index (χ2v) is 5.40. The quantitative estimate of drug-likeness (QED) is 0.774. The summed E-state index contributed by atoms with van der Waals surface area (Å²) in [5.74, 6) is 0. The van der Waals surface area contributed by atoms with Crippen LogP contribution in [0.1, 0.15) is 16.8 Å². The van der Waals surface area contributed by atoms with Gasteiger partial charge in [-0.1, -0.05) is 12.1 Å². The number of nitriles is 1. The fourth-order valence-corrected chi connectivity index (χ4v) is 2.43. The Bertz CT molecular complexity index is 1020. The minimum atomic E-state index is -4.46. The summed E-state index contributed by atoms with van der Waals surface area (Å²) < 4.78 is 39.0. The lowest BCUT2D eigenvalue weighted by molar-refractivity contribution is -0.137. The van der Waals surface area contributed by atoms with E-state index in [1.54, 1.807) is 37.3 Å². The Balaban J connectivity index is 2.01. The lowest BCUT2D eigenvalue weighted by Gasteiger charge is -2.07. The SMILES string of the molecule is Cc1cc(-c2ccc(-n3cc(C(F)(F)F)cn3)cc2)c(C#N)c(=O)[nH]1. The number of aryl methyl sites for hydroxylation is 1. The Morgan fingerprint density at radius 1 is 1.24 bits per heavy atom. The Labute approximate surface area is 140 Å². The minimum Gasteiger partial charge on any atom is -0.325 e. The van der Waals surface area contributed by atoms with E-state index in [0.717, 1.165) is 17.1 Å². The summed E-state index contributed by atoms with van der Waals surface area (Å²) in [5.41, 5.74) is 0.766. The number of nitrogens with zero attached hydrogens (tertiary/aromatic N) is 3. The third-order valence-electron chi connectivity index (χ3n) is 3.63. The van der Waals surface area contributed by atoms with E-state index >= 15 is 0 Å². The van der Waals surface area contributed by atoms with Crippen molar-refractivity contribution in [3.05, 3.63) is 69.9 Å². The van der Waals surface area contributed by atoms with Gasteiger partial charge in [-0.3, -0.25) is 4.79 Å². The van der Waals surface area contributed by atoms with Crippen LogP contribution in [0.2, 0.25) is 0 Å². The molecule has 5 nitrogen and oxygen atoms in total. The molecule has 0 atom stereocenters. The van der Waals surface area contributed by atoms with Gasteiger partial charge in [-0.25, -0.2) is 4.68 Å². The molecule has 2 aromatic heterocycles. The van der Waals surface area contributed by atoms with Crippen molar-refractivity contribution in [3.8, 4) is 22.9 Å². The molecule has 3 rings (SSSR count). The summed E-state index contributed by atoms with van der Waals surface area (Å²) in [4.78, 5) is 14.4. The summed E-state index contributed by atoms with van der Waals surface area (Å²) in [6.07, 6.45) is -2.81. The third kappa shape index (κ3) is 3.17. The molecule has 1 N–H and O–H groups in total. The number of alkyl halides is 3. The summed E-state index contributed by atoms with van der Waals surface area (Å²) in [6.45, 7) is 1.70. The van der Waals surface area contributed by atoms with Crippen LogP contribution < -0.4 is 5.56 Å². The molecule has 126 valence electrons. The molecule has 0 spiro atoms. The van der Waals surface area contributed by atoms with Crippen molar-refractivity contribution in [3.63, 3.8) is 0 Å². The lowest BCUT2D eigenvalue weighted by atomic mass is 10.0. The van der Waals surface area contributed by atoms with Crippen LogP contribution in [-0.2, 0) is 6.18 Å². The largest absolute Gasteiger partial charge is 0.419 e. The highest BCUT2D eigenvalue weighted by Crippen LogP contribution is 2.29. The number of hydrogen-bond acceptors (Lipinski definition) is 3. The zero-order valence-corrected chi connectivity index (χ0v) is 12.9. The molecule has 0 aliphatic heterocycles. The van der Waals surface area contributed by atoms with Gasteiger partial charge in [0.15, 0.2) is 0 Å². The maximum atomic E-state index is 12.6. The van der Waals surface area contributed by atoms with Gasteiger partial charge in [0, 0.05) is 17.5 Å². The smallest absolute Gasteiger partial charge is 0.325 e. The zero-order chi connectivity index (χ0) is 18.2.